The molecule has 266 valence electrons. The molecule has 2 bridgehead atoms. The first-order valence-corrected chi connectivity index (χ1v) is 16.9. The molecule has 14 nitrogen and oxygen atoms in total. The number of fused-ring (bicyclic) bond motifs is 5. The maximum atomic E-state index is 14.6. The van der Waals surface area contributed by atoms with Crippen LogP contribution in [-0.2, 0) is 57.6 Å². The molecule has 2 aromatic carbocycles. The van der Waals surface area contributed by atoms with Gasteiger partial charge in [0.05, 0.1) is 19.3 Å². The fraction of sp³-hybridized carbons (Fsp3) is 0.500. The van der Waals surface area contributed by atoms with Crippen molar-refractivity contribution in [1.29, 1.82) is 0 Å². The average Bonchev–Trinajstić information content (AvgIpc) is 3.76. The van der Waals surface area contributed by atoms with Crippen molar-refractivity contribution in [3.05, 3.63) is 76.9 Å². The van der Waals surface area contributed by atoms with Gasteiger partial charge in [0.2, 0.25) is 17.7 Å². The van der Waals surface area contributed by atoms with Crippen molar-refractivity contribution in [2.75, 3.05) is 27.2 Å². The first kappa shape index (κ1) is 34.3. The number of hydrogen-bond acceptors (Lipinski definition) is 11. The molecular formula is C36H42N4O10. The highest BCUT2D eigenvalue weighted by Gasteiger charge is 2.76. The normalized spacial score (nSPS) is 30.0. The zero-order chi connectivity index (χ0) is 35.4. The number of nitrogens with zero attached hydrogens (tertiary/aromatic N) is 2. The van der Waals surface area contributed by atoms with E-state index in [9.17, 15) is 29.4 Å². The number of rotatable bonds is 10. The number of carbonyl (C=O) groups excluding carboxylic acids is 4. The van der Waals surface area contributed by atoms with Gasteiger partial charge in [-0.1, -0.05) is 48.5 Å². The second-order valence-electron chi connectivity index (χ2n) is 13.9. The largest absolute Gasteiger partial charge is 0.458 e. The highest BCUT2D eigenvalue weighted by Crippen LogP contribution is 2.58. The molecule has 50 heavy (non-hydrogen) atoms. The van der Waals surface area contributed by atoms with Gasteiger partial charge < -0.3 is 40.0 Å². The van der Waals surface area contributed by atoms with Gasteiger partial charge in [0.25, 0.3) is 0 Å². The number of aliphatic hydroxyl groups excluding tert-OH is 2. The molecule has 3 saturated heterocycles. The summed E-state index contributed by atoms with van der Waals surface area (Å²) in [7, 11) is 3.34. The summed E-state index contributed by atoms with van der Waals surface area (Å²) >= 11 is 0. The van der Waals surface area contributed by atoms with Crippen molar-refractivity contribution < 1.29 is 48.4 Å². The van der Waals surface area contributed by atoms with E-state index in [1.807, 2.05) is 48.5 Å². The molecule has 7 rings (SSSR count). The molecule has 1 spiro atoms. The molecule has 8 unspecified atom stereocenters. The Labute approximate surface area is 289 Å². The first-order valence-electron chi connectivity index (χ1n) is 16.9. The highest BCUT2D eigenvalue weighted by molar-refractivity contribution is 5.96. The number of hydroxylamine groups is 2. The fourth-order valence-electron chi connectivity index (χ4n) is 7.96. The van der Waals surface area contributed by atoms with Crippen LogP contribution in [0.5, 0.6) is 0 Å². The number of hydrogen-bond donors (Lipinski definition) is 4. The van der Waals surface area contributed by atoms with Gasteiger partial charge in [-0.05, 0) is 35.3 Å². The summed E-state index contributed by atoms with van der Waals surface area (Å²) in [6.45, 7) is 1.08. The third-order valence-electron chi connectivity index (χ3n) is 10.4. The minimum Gasteiger partial charge on any atom is -0.458 e. The molecule has 1 saturated carbocycles. The smallest absolute Gasteiger partial charge is 0.327 e. The molecule has 2 aromatic rings. The minimum absolute atomic E-state index is 0.0401. The maximum absolute atomic E-state index is 14.6. The van der Waals surface area contributed by atoms with Crippen molar-refractivity contribution in [2.24, 2.45) is 5.41 Å². The van der Waals surface area contributed by atoms with Gasteiger partial charge in [-0.15, -0.1) is 0 Å². The number of esters is 1. The third kappa shape index (κ3) is 5.89. The predicted octanol–water partition coefficient (Wildman–Crippen LogP) is -0.159. The Bertz CT molecular complexity index is 1670. The Morgan fingerprint density at radius 2 is 1.74 bits per heavy atom. The minimum atomic E-state index is -1.57. The van der Waals surface area contributed by atoms with Gasteiger partial charge in [-0.25, -0.2) is 0 Å². The van der Waals surface area contributed by atoms with Crippen molar-refractivity contribution >= 4 is 29.8 Å². The Hall–Kier alpha value is -4.18. The van der Waals surface area contributed by atoms with Crippen molar-refractivity contribution in [1.82, 2.24) is 20.6 Å². The lowest BCUT2D eigenvalue weighted by Crippen LogP contribution is -2.71. The predicted molar refractivity (Wildman–Crippen MR) is 175 cm³/mol. The fourth-order valence-corrected chi connectivity index (χ4v) is 7.96. The Kier molecular flexibility index (Phi) is 9.03. The van der Waals surface area contributed by atoms with Crippen LogP contribution in [0.2, 0.25) is 0 Å². The van der Waals surface area contributed by atoms with Crippen LogP contribution in [-0.4, -0.2) is 120 Å². The number of aliphatic hydroxyl groups is 2. The van der Waals surface area contributed by atoms with Crippen molar-refractivity contribution in [2.45, 2.75) is 81.1 Å². The summed E-state index contributed by atoms with van der Waals surface area (Å²) in [5.74, 6) is -3.20. The summed E-state index contributed by atoms with van der Waals surface area (Å²) in [6.07, 6.45) is -0.467. The van der Waals surface area contributed by atoms with E-state index in [2.05, 4.69) is 10.6 Å². The molecule has 3 heterocycles. The number of amides is 3. The van der Waals surface area contributed by atoms with E-state index in [1.54, 1.807) is 20.2 Å². The van der Waals surface area contributed by atoms with Crippen LogP contribution in [0.15, 0.2) is 54.6 Å². The van der Waals surface area contributed by atoms with Crippen molar-refractivity contribution in [3.8, 4) is 0 Å². The Balaban J connectivity index is 1.21. The molecule has 3 amide bonds. The Morgan fingerprint density at radius 1 is 1.06 bits per heavy atom. The van der Waals surface area contributed by atoms with Crippen LogP contribution in [0, 0.1) is 5.41 Å². The molecule has 2 aliphatic carbocycles. The average molecular weight is 691 g/mol. The van der Waals surface area contributed by atoms with E-state index >= 15 is 0 Å². The number of nitrogens with one attached hydrogen (secondary N) is 2. The van der Waals surface area contributed by atoms with Crippen LogP contribution in [0.4, 0.5) is 0 Å². The van der Waals surface area contributed by atoms with E-state index in [4.69, 9.17) is 19.0 Å². The van der Waals surface area contributed by atoms with Crippen LogP contribution in [0.25, 0.3) is 6.08 Å². The van der Waals surface area contributed by atoms with Gasteiger partial charge in [0.15, 0.2) is 11.8 Å². The quantitative estimate of drug-likeness (QED) is 0.193. The van der Waals surface area contributed by atoms with E-state index in [0.29, 0.717) is 12.8 Å². The van der Waals surface area contributed by atoms with E-state index in [1.165, 1.54) is 23.0 Å². The molecule has 0 radical (unpaired) electrons. The maximum Gasteiger partial charge on any atom is 0.327 e. The lowest BCUT2D eigenvalue weighted by atomic mass is 9.62. The van der Waals surface area contributed by atoms with Gasteiger partial charge >= 0.3 is 5.97 Å². The van der Waals surface area contributed by atoms with Crippen LogP contribution in [0.1, 0.15) is 35.6 Å². The topological polar surface area (TPSA) is 176 Å². The molecule has 0 aromatic heterocycles. The summed E-state index contributed by atoms with van der Waals surface area (Å²) in [6, 6.07) is 12.7. The monoisotopic (exact) mass is 690 g/mol. The van der Waals surface area contributed by atoms with Crippen LogP contribution < -0.4 is 10.6 Å². The summed E-state index contributed by atoms with van der Waals surface area (Å²) in [4.78, 5) is 61.7. The zero-order valence-corrected chi connectivity index (χ0v) is 28.1. The number of carbonyl (C=O) groups is 4. The highest BCUT2D eigenvalue weighted by atomic mass is 16.8. The summed E-state index contributed by atoms with van der Waals surface area (Å²) in [5, 5.41) is 26.4. The molecule has 14 heteroatoms. The lowest BCUT2D eigenvalue weighted by molar-refractivity contribution is -0.217. The molecular weight excluding hydrogens is 648 g/mol. The van der Waals surface area contributed by atoms with Crippen LogP contribution in [0.3, 0.4) is 0 Å². The van der Waals surface area contributed by atoms with E-state index in [0.717, 1.165) is 22.3 Å². The molecule has 4 fully saturated rings. The molecule has 8 atom stereocenters. The molecule has 5 aliphatic rings. The second-order valence-corrected chi connectivity index (χ2v) is 13.9. The third-order valence-corrected chi connectivity index (χ3v) is 10.4. The lowest BCUT2D eigenvalue weighted by Gasteiger charge is -2.49. The zero-order valence-electron chi connectivity index (χ0n) is 28.1. The first-order chi connectivity index (χ1) is 23.9. The van der Waals surface area contributed by atoms with Crippen molar-refractivity contribution in [3.63, 3.8) is 0 Å². The van der Waals surface area contributed by atoms with Gasteiger partial charge in [0, 0.05) is 46.0 Å². The number of ether oxygens (including phenoxy) is 3. The summed E-state index contributed by atoms with van der Waals surface area (Å²) in [5.41, 5.74) is 2.16. The van der Waals surface area contributed by atoms with E-state index < -0.39 is 71.6 Å². The SMILES string of the molecule is CC(O)C(NC(=O)C12CC3OC(=O)C1N(Cc1ccc(C=CC(=O)N(C)C)cc1)OC2C1OC2(Cc4ccccc4C2)OC31)C(=O)NCCO. The molecule has 3 aliphatic heterocycles. The van der Waals surface area contributed by atoms with Gasteiger partial charge in [0.1, 0.15) is 35.9 Å². The summed E-state index contributed by atoms with van der Waals surface area (Å²) < 4.78 is 19.4. The number of likely N-dealkylation sites (N-methyl/N-ethyl adjacent to an activating group) is 1. The van der Waals surface area contributed by atoms with E-state index in [-0.39, 0.29) is 32.0 Å². The molecule has 4 N–H and O–H groups in total. The second kappa shape index (κ2) is 13.2. The van der Waals surface area contributed by atoms with Crippen LogP contribution >= 0.6 is 0 Å². The van der Waals surface area contributed by atoms with Gasteiger partial charge in [-0.2, -0.15) is 5.06 Å². The standard InChI is InChI=1S/C36H42N4O10/c1-20(42)27(32(44)37-14-15-41)38-34(46)36-18-25-28-29(49-35(48-28)16-23-6-4-5-7-24(23)17-35)31(36)50-40(30(36)33(45)47-25)19-22-10-8-21(9-11-22)12-13-26(43)39(2)3/h4-13,20,25,27-31,41-42H,14-19H2,1-3H3,(H,37,44)(H,38,46). The number of benzene rings is 2. The van der Waals surface area contributed by atoms with Gasteiger partial charge in [-0.3, -0.25) is 24.0 Å². The Morgan fingerprint density at radius 3 is 2.38 bits per heavy atom.